The average Bonchev–Trinajstić information content (AvgIpc) is 3.52. The molecule has 47 heavy (non-hydrogen) atoms. The number of halogens is 2. The number of hydrogen-bond acceptors (Lipinski definition) is 6. The maximum absolute atomic E-state index is 6.15. The maximum Gasteiger partial charge on any atom is 0.116 e. The van der Waals surface area contributed by atoms with Gasteiger partial charge in [0.2, 0.25) is 0 Å². The van der Waals surface area contributed by atoms with Crippen molar-refractivity contribution in [2.45, 2.75) is 101 Å². The Hall–Kier alpha value is -2.90. The van der Waals surface area contributed by atoms with Crippen molar-refractivity contribution in [3.8, 4) is 22.5 Å². The van der Waals surface area contributed by atoms with E-state index in [-0.39, 0.29) is 7.43 Å². The Bertz CT molecular complexity index is 1880. The summed E-state index contributed by atoms with van der Waals surface area (Å²) in [6.45, 7) is 17.3. The molecule has 8 heteroatoms. The molecule has 0 aliphatic carbocycles. The Balaban J connectivity index is 0.000000228. The molecule has 0 N–H and O–H groups in total. The standard InChI is InChI=1S/C20H24N2S.C14H10Cl2N2S.C4H10.CH4/c1-5-7-16-17(8-6-2)23-20-18(21-12-22-19(16)20)15-10-13(3)9-14(4)11-15;1-7-3-8(2)5-9(4-7)11-13-12(18-6-17-11)10(15)14(16)19-13;1-3-4-2;/h9-12H,5-8H2,1-4H3;3-6H,1-2H3;3-4H2,1-2H3;1H4. The van der Waals surface area contributed by atoms with Crippen LogP contribution in [0.15, 0.2) is 49.1 Å². The average molecular weight is 708 g/mol. The van der Waals surface area contributed by atoms with E-state index in [2.05, 4.69) is 112 Å². The third-order valence-corrected chi connectivity index (χ3v) is 10.8. The van der Waals surface area contributed by atoms with E-state index in [1.807, 2.05) is 11.3 Å². The lowest BCUT2D eigenvalue weighted by Gasteiger charge is -2.05. The van der Waals surface area contributed by atoms with E-state index in [9.17, 15) is 0 Å². The van der Waals surface area contributed by atoms with Gasteiger partial charge in [0.1, 0.15) is 22.5 Å². The van der Waals surface area contributed by atoms with Crippen LogP contribution in [0.4, 0.5) is 0 Å². The van der Waals surface area contributed by atoms with Gasteiger partial charge in [-0.3, -0.25) is 0 Å². The van der Waals surface area contributed by atoms with E-state index in [0.717, 1.165) is 46.4 Å². The van der Waals surface area contributed by atoms with Crippen molar-refractivity contribution in [1.82, 2.24) is 19.9 Å². The van der Waals surface area contributed by atoms with Crippen LogP contribution in [0.3, 0.4) is 0 Å². The lowest BCUT2D eigenvalue weighted by molar-refractivity contribution is 0.881. The van der Waals surface area contributed by atoms with Crippen molar-refractivity contribution in [2.24, 2.45) is 0 Å². The van der Waals surface area contributed by atoms with Gasteiger partial charge in [-0.1, -0.05) is 118 Å². The van der Waals surface area contributed by atoms with Crippen molar-refractivity contribution in [3.05, 3.63) is 91.1 Å². The van der Waals surface area contributed by atoms with Gasteiger partial charge in [0.15, 0.2) is 0 Å². The molecule has 0 aliphatic heterocycles. The molecule has 0 amide bonds. The fraction of sp³-hybridized carbons (Fsp3) is 0.385. The van der Waals surface area contributed by atoms with Gasteiger partial charge in [0.05, 0.1) is 31.3 Å². The molecule has 0 spiro atoms. The van der Waals surface area contributed by atoms with Crippen molar-refractivity contribution in [3.63, 3.8) is 0 Å². The maximum atomic E-state index is 6.15. The Kier molecular flexibility index (Phi) is 14.8. The molecule has 2 aromatic carbocycles. The molecule has 0 unspecified atom stereocenters. The van der Waals surface area contributed by atoms with E-state index in [4.69, 9.17) is 23.2 Å². The summed E-state index contributed by atoms with van der Waals surface area (Å²) in [5.74, 6) is 0. The van der Waals surface area contributed by atoms with Crippen molar-refractivity contribution < 1.29 is 0 Å². The first-order chi connectivity index (χ1) is 22.1. The second-order valence-corrected chi connectivity index (χ2v) is 14.9. The van der Waals surface area contributed by atoms with Gasteiger partial charge in [0.25, 0.3) is 0 Å². The highest BCUT2D eigenvalue weighted by molar-refractivity contribution is 7.24. The van der Waals surface area contributed by atoms with E-state index in [0.29, 0.717) is 9.36 Å². The van der Waals surface area contributed by atoms with Crippen LogP contribution < -0.4 is 0 Å². The van der Waals surface area contributed by atoms with Gasteiger partial charge in [-0.15, -0.1) is 22.7 Å². The lowest BCUT2D eigenvalue weighted by atomic mass is 10.0. The van der Waals surface area contributed by atoms with Gasteiger partial charge >= 0.3 is 0 Å². The Morgan fingerprint density at radius 2 is 1.00 bits per heavy atom. The first-order valence-corrected chi connectivity index (χ1v) is 18.5. The third-order valence-electron chi connectivity index (χ3n) is 7.49. The topological polar surface area (TPSA) is 51.6 Å². The SMILES string of the molecule is C.CCCC.CCCc1sc2c(-c3cc(C)cc(C)c3)ncnc2c1CCC.Cc1cc(C)cc(-c2ncnc3c(Cl)c(Cl)sc23)c1. The second-order valence-electron chi connectivity index (χ2n) is 11.7. The molecule has 0 atom stereocenters. The predicted octanol–water partition coefficient (Wildman–Crippen LogP) is 13.6. The van der Waals surface area contributed by atoms with Crippen LogP contribution in [0.25, 0.3) is 42.9 Å². The Morgan fingerprint density at radius 1 is 0.553 bits per heavy atom. The van der Waals surface area contributed by atoms with Crippen molar-refractivity contribution in [1.29, 1.82) is 0 Å². The highest BCUT2D eigenvalue weighted by atomic mass is 35.5. The zero-order valence-electron chi connectivity index (χ0n) is 28.2. The molecule has 4 heterocycles. The number of fused-ring (bicyclic) bond motifs is 2. The van der Waals surface area contributed by atoms with Crippen LogP contribution in [-0.2, 0) is 12.8 Å². The summed E-state index contributed by atoms with van der Waals surface area (Å²) in [4.78, 5) is 19.4. The Labute approximate surface area is 299 Å². The number of aromatic nitrogens is 4. The molecule has 0 bridgehead atoms. The molecule has 0 radical (unpaired) electrons. The summed E-state index contributed by atoms with van der Waals surface area (Å²) < 4.78 is 2.75. The number of unbranched alkanes of at least 4 members (excludes halogenated alkanes) is 1. The van der Waals surface area contributed by atoms with Gasteiger partial charge in [0, 0.05) is 16.0 Å². The second kappa shape index (κ2) is 18.0. The molecule has 0 saturated heterocycles. The van der Waals surface area contributed by atoms with Crippen LogP contribution >= 0.6 is 45.9 Å². The molecule has 4 aromatic heterocycles. The van der Waals surface area contributed by atoms with Crippen molar-refractivity contribution in [2.75, 3.05) is 0 Å². The zero-order valence-corrected chi connectivity index (χ0v) is 31.4. The number of aryl methyl sites for hydroxylation is 6. The molecule has 4 nitrogen and oxygen atoms in total. The number of rotatable bonds is 7. The van der Waals surface area contributed by atoms with Gasteiger partial charge in [-0.2, -0.15) is 0 Å². The fourth-order valence-electron chi connectivity index (χ4n) is 5.43. The number of benzene rings is 2. The smallest absolute Gasteiger partial charge is 0.116 e. The largest absolute Gasteiger partial charge is 0.235 e. The van der Waals surface area contributed by atoms with E-state index in [1.165, 1.54) is 85.4 Å². The lowest BCUT2D eigenvalue weighted by Crippen LogP contribution is -1.92. The molecule has 0 saturated carbocycles. The third kappa shape index (κ3) is 9.38. The van der Waals surface area contributed by atoms with Gasteiger partial charge in [-0.05, 0) is 70.4 Å². The van der Waals surface area contributed by atoms with Crippen LogP contribution in [0.5, 0.6) is 0 Å². The molecule has 6 aromatic rings. The number of hydrogen-bond donors (Lipinski definition) is 0. The molecule has 0 aliphatic rings. The van der Waals surface area contributed by atoms with Gasteiger partial charge in [-0.25, -0.2) is 19.9 Å². The molecule has 6 rings (SSSR count). The summed E-state index contributed by atoms with van der Waals surface area (Å²) in [7, 11) is 0. The minimum absolute atomic E-state index is 0. The van der Waals surface area contributed by atoms with E-state index < -0.39 is 0 Å². The fourth-order valence-corrected chi connectivity index (χ4v) is 8.36. The molecule has 0 fully saturated rings. The van der Waals surface area contributed by atoms with Crippen LogP contribution in [0.1, 0.15) is 93.5 Å². The van der Waals surface area contributed by atoms with Crippen molar-refractivity contribution >= 4 is 66.3 Å². The first-order valence-electron chi connectivity index (χ1n) is 16.1. The molecule has 250 valence electrons. The van der Waals surface area contributed by atoms with Crippen LogP contribution in [0, 0.1) is 27.7 Å². The van der Waals surface area contributed by atoms with Crippen LogP contribution in [-0.4, -0.2) is 19.9 Å². The molecular weight excluding hydrogens is 659 g/mol. The predicted molar refractivity (Wildman–Crippen MR) is 210 cm³/mol. The zero-order chi connectivity index (χ0) is 33.4. The van der Waals surface area contributed by atoms with Gasteiger partial charge < -0.3 is 0 Å². The summed E-state index contributed by atoms with van der Waals surface area (Å²) in [5.41, 5.74) is 12.6. The highest BCUT2D eigenvalue weighted by Crippen LogP contribution is 2.41. The molecular formula is C39H48Cl2N4S2. The minimum atomic E-state index is 0. The normalized spacial score (nSPS) is 10.7. The monoisotopic (exact) mass is 706 g/mol. The summed E-state index contributed by atoms with van der Waals surface area (Å²) in [6, 6.07) is 13.0. The Morgan fingerprint density at radius 3 is 1.45 bits per heavy atom. The summed E-state index contributed by atoms with van der Waals surface area (Å²) >= 11 is 15.6. The highest BCUT2D eigenvalue weighted by Gasteiger charge is 2.17. The summed E-state index contributed by atoms with van der Waals surface area (Å²) in [5, 5.41) is 0.509. The minimum Gasteiger partial charge on any atom is -0.235 e. The number of nitrogens with zero attached hydrogens (tertiary/aromatic N) is 4. The number of thiophene rings is 2. The van der Waals surface area contributed by atoms with E-state index >= 15 is 0 Å². The van der Waals surface area contributed by atoms with Crippen LogP contribution in [0.2, 0.25) is 9.36 Å². The first kappa shape index (κ1) is 38.5. The quantitative estimate of drug-likeness (QED) is 0.166. The summed E-state index contributed by atoms with van der Waals surface area (Å²) in [6.07, 6.45) is 10.5. The van der Waals surface area contributed by atoms with E-state index in [1.54, 1.807) is 6.33 Å².